The van der Waals surface area contributed by atoms with Crippen molar-refractivity contribution in [3.63, 3.8) is 0 Å². The van der Waals surface area contributed by atoms with Crippen LogP contribution in [0.3, 0.4) is 0 Å². The molecule has 128 valence electrons. The van der Waals surface area contributed by atoms with Crippen molar-refractivity contribution in [3.8, 4) is 17.2 Å². The van der Waals surface area contributed by atoms with Crippen molar-refractivity contribution in [1.82, 2.24) is 5.32 Å². The number of hydrogen-bond donors (Lipinski definition) is 1. The number of carbonyl (C=O) groups is 1. The highest BCUT2D eigenvalue weighted by atomic mass is 19.1. The van der Waals surface area contributed by atoms with Gasteiger partial charge in [-0.3, -0.25) is 4.79 Å². The Labute approximate surface area is 140 Å². The van der Waals surface area contributed by atoms with Gasteiger partial charge in [0.25, 0.3) is 5.91 Å². The van der Waals surface area contributed by atoms with Crippen LogP contribution < -0.4 is 19.5 Å². The molecule has 0 heterocycles. The molecular weight excluding hydrogens is 313 g/mol. The van der Waals surface area contributed by atoms with Gasteiger partial charge in [0.2, 0.25) is 0 Å². The third-order valence-electron chi connectivity index (χ3n) is 3.54. The number of hydrogen-bond acceptors (Lipinski definition) is 4. The Kier molecular flexibility index (Phi) is 6.01. The molecule has 0 saturated heterocycles. The van der Waals surface area contributed by atoms with Crippen LogP contribution in [0.15, 0.2) is 36.4 Å². The first-order valence-corrected chi connectivity index (χ1v) is 7.41. The van der Waals surface area contributed by atoms with Crippen LogP contribution in [0.25, 0.3) is 0 Å². The summed E-state index contributed by atoms with van der Waals surface area (Å²) in [5, 5.41) is 2.79. The van der Waals surface area contributed by atoms with Crippen molar-refractivity contribution in [1.29, 1.82) is 0 Å². The fraction of sp³-hybridized carbons (Fsp3) is 0.278. The van der Waals surface area contributed by atoms with Gasteiger partial charge in [0, 0.05) is 18.7 Å². The van der Waals surface area contributed by atoms with Gasteiger partial charge in [0.15, 0.2) is 11.5 Å². The summed E-state index contributed by atoms with van der Waals surface area (Å²) >= 11 is 0. The van der Waals surface area contributed by atoms with Crippen LogP contribution >= 0.6 is 0 Å². The van der Waals surface area contributed by atoms with Crippen molar-refractivity contribution in [2.24, 2.45) is 0 Å². The van der Waals surface area contributed by atoms with E-state index in [9.17, 15) is 9.18 Å². The molecule has 0 aromatic heterocycles. The van der Waals surface area contributed by atoms with Gasteiger partial charge in [-0.25, -0.2) is 4.39 Å². The van der Waals surface area contributed by atoms with E-state index in [1.807, 2.05) is 6.07 Å². The maximum Gasteiger partial charge on any atom is 0.255 e. The van der Waals surface area contributed by atoms with E-state index in [-0.39, 0.29) is 11.7 Å². The van der Waals surface area contributed by atoms with Crippen LogP contribution in [0.5, 0.6) is 17.2 Å². The Bertz CT molecular complexity index is 718. The van der Waals surface area contributed by atoms with Gasteiger partial charge in [-0.15, -0.1) is 0 Å². The molecule has 0 fully saturated rings. The van der Waals surface area contributed by atoms with Gasteiger partial charge in [0.1, 0.15) is 11.6 Å². The summed E-state index contributed by atoms with van der Waals surface area (Å²) < 4.78 is 28.8. The third kappa shape index (κ3) is 4.16. The number of carbonyl (C=O) groups excluding carboxylic acids is 1. The van der Waals surface area contributed by atoms with Crippen LogP contribution in [-0.4, -0.2) is 33.8 Å². The second-order valence-electron chi connectivity index (χ2n) is 5.04. The van der Waals surface area contributed by atoms with E-state index in [0.29, 0.717) is 35.8 Å². The fourth-order valence-corrected chi connectivity index (χ4v) is 2.31. The quantitative estimate of drug-likeness (QED) is 0.846. The monoisotopic (exact) mass is 333 g/mol. The van der Waals surface area contributed by atoms with Crippen molar-refractivity contribution >= 4 is 5.91 Å². The maximum atomic E-state index is 13.1. The van der Waals surface area contributed by atoms with E-state index in [4.69, 9.17) is 14.2 Å². The van der Waals surface area contributed by atoms with Crippen molar-refractivity contribution in [3.05, 3.63) is 53.3 Å². The van der Waals surface area contributed by atoms with Gasteiger partial charge < -0.3 is 19.5 Å². The molecule has 0 bridgehead atoms. The summed E-state index contributed by atoms with van der Waals surface area (Å²) in [6, 6.07) is 9.45. The summed E-state index contributed by atoms with van der Waals surface area (Å²) in [7, 11) is 4.48. The predicted octanol–water partition coefficient (Wildman–Crippen LogP) is 2.82. The lowest BCUT2D eigenvalue weighted by Gasteiger charge is -2.14. The topological polar surface area (TPSA) is 56.8 Å². The molecule has 0 aliphatic rings. The lowest BCUT2D eigenvalue weighted by molar-refractivity contribution is 0.0950. The van der Waals surface area contributed by atoms with Gasteiger partial charge in [-0.2, -0.15) is 0 Å². The van der Waals surface area contributed by atoms with E-state index in [1.54, 1.807) is 18.2 Å². The van der Waals surface area contributed by atoms with E-state index in [2.05, 4.69) is 5.32 Å². The molecule has 0 radical (unpaired) electrons. The molecule has 1 N–H and O–H groups in total. The smallest absolute Gasteiger partial charge is 0.255 e. The zero-order chi connectivity index (χ0) is 17.5. The zero-order valence-electron chi connectivity index (χ0n) is 13.9. The Morgan fingerprint density at radius 1 is 1.00 bits per heavy atom. The van der Waals surface area contributed by atoms with Crippen LogP contribution in [0, 0.1) is 5.82 Å². The van der Waals surface area contributed by atoms with E-state index in [1.165, 1.54) is 33.5 Å². The van der Waals surface area contributed by atoms with Crippen molar-refractivity contribution < 1.29 is 23.4 Å². The molecule has 5 nitrogen and oxygen atoms in total. The molecule has 0 spiro atoms. The first-order valence-electron chi connectivity index (χ1n) is 7.41. The number of benzene rings is 2. The van der Waals surface area contributed by atoms with E-state index < -0.39 is 0 Å². The molecular formula is C18H20FNO4. The van der Waals surface area contributed by atoms with Gasteiger partial charge in [-0.1, -0.05) is 12.1 Å². The fourth-order valence-electron chi connectivity index (χ4n) is 2.31. The Balaban J connectivity index is 2.08. The molecule has 6 heteroatoms. The van der Waals surface area contributed by atoms with Gasteiger partial charge >= 0.3 is 0 Å². The van der Waals surface area contributed by atoms with Gasteiger partial charge in [-0.05, 0) is 24.1 Å². The number of halogens is 1. The summed E-state index contributed by atoms with van der Waals surface area (Å²) in [6.45, 7) is 0.375. The average Bonchev–Trinajstić information content (AvgIpc) is 2.60. The summed E-state index contributed by atoms with van der Waals surface area (Å²) in [5.74, 6) is 0.708. The number of ether oxygens (including phenoxy) is 3. The van der Waals surface area contributed by atoms with Gasteiger partial charge in [0.05, 0.1) is 26.9 Å². The van der Waals surface area contributed by atoms with E-state index in [0.717, 1.165) is 5.56 Å². The minimum Gasteiger partial charge on any atom is -0.496 e. The number of methoxy groups -OCH3 is 3. The molecule has 0 saturated carbocycles. The molecule has 2 aromatic rings. The Hall–Kier alpha value is -2.76. The minimum atomic E-state index is -0.302. The van der Waals surface area contributed by atoms with Crippen molar-refractivity contribution in [2.75, 3.05) is 27.9 Å². The first kappa shape index (κ1) is 17.6. The second-order valence-corrected chi connectivity index (χ2v) is 5.04. The van der Waals surface area contributed by atoms with Crippen LogP contribution in [0.1, 0.15) is 15.9 Å². The highest BCUT2D eigenvalue weighted by molar-refractivity contribution is 5.97. The standard InChI is InChI=1S/C18H20FNO4/c1-22-15-11-17(24-3)16(23-2)10-14(15)18(21)20-8-7-12-5-4-6-13(19)9-12/h4-6,9-11H,7-8H2,1-3H3,(H,20,21). The SMILES string of the molecule is COc1cc(OC)c(C(=O)NCCc2cccc(F)c2)cc1OC. The highest BCUT2D eigenvalue weighted by Gasteiger charge is 2.17. The normalized spacial score (nSPS) is 10.2. The number of amides is 1. The van der Waals surface area contributed by atoms with Crippen molar-refractivity contribution in [2.45, 2.75) is 6.42 Å². The van der Waals surface area contributed by atoms with Crippen LogP contribution in [0.2, 0.25) is 0 Å². The average molecular weight is 333 g/mol. The molecule has 0 aliphatic heterocycles. The lowest BCUT2D eigenvalue weighted by atomic mass is 10.1. The predicted molar refractivity (Wildman–Crippen MR) is 88.5 cm³/mol. The Morgan fingerprint density at radius 2 is 1.67 bits per heavy atom. The van der Waals surface area contributed by atoms with E-state index >= 15 is 0 Å². The summed E-state index contributed by atoms with van der Waals surface area (Å²) in [6.07, 6.45) is 0.527. The maximum absolute atomic E-state index is 13.1. The van der Waals surface area contributed by atoms with Crippen LogP contribution in [0.4, 0.5) is 4.39 Å². The molecule has 2 aromatic carbocycles. The number of nitrogens with one attached hydrogen (secondary N) is 1. The molecule has 2 rings (SSSR count). The second kappa shape index (κ2) is 8.19. The summed E-state index contributed by atoms with van der Waals surface area (Å²) in [4.78, 5) is 12.4. The largest absolute Gasteiger partial charge is 0.496 e. The molecule has 0 unspecified atom stereocenters. The summed E-state index contributed by atoms with van der Waals surface area (Å²) in [5.41, 5.74) is 1.16. The number of rotatable bonds is 7. The highest BCUT2D eigenvalue weighted by Crippen LogP contribution is 2.34. The zero-order valence-corrected chi connectivity index (χ0v) is 13.9. The minimum absolute atomic E-state index is 0.291. The Morgan fingerprint density at radius 3 is 2.29 bits per heavy atom. The van der Waals surface area contributed by atoms with Crippen LogP contribution in [-0.2, 0) is 6.42 Å². The molecule has 0 aliphatic carbocycles. The lowest BCUT2D eigenvalue weighted by Crippen LogP contribution is -2.26. The molecule has 24 heavy (non-hydrogen) atoms. The third-order valence-corrected chi connectivity index (χ3v) is 3.54. The first-order chi connectivity index (χ1) is 11.6. The molecule has 0 atom stereocenters. The molecule has 1 amide bonds.